The number of likely N-dealkylation sites (tertiary alicyclic amines) is 1. The Morgan fingerprint density at radius 1 is 1.65 bits per heavy atom. The summed E-state index contributed by atoms with van der Waals surface area (Å²) in [5, 5.41) is 8.95. The van der Waals surface area contributed by atoms with Crippen molar-refractivity contribution >= 4 is 11.8 Å². The first-order chi connectivity index (χ1) is 8.08. The molecule has 2 rings (SSSR count). The molecular formula is C12H15NO4. The summed E-state index contributed by atoms with van der Waals surface area (Å²) in [5.41, 5.74) is 0.203. The van der Waals surface area contributed by atoms with Crippen molar-refractivity contribution in [2.75, 3.05) is 13.1 Å². The molecule has 0 amide bonds. The first-order valence-corrected chi connectivity index (χ1v) is 5.62. The third-order valence-electron chi connectivity index (χ3n) is 3.10. The fourth-order valence-electron chi connectivity index (χ4n) is 2.10. The Kier molecular flexibility index (Phi) is 3.28. The van der Waals surface area contributed by atoms with Gasteiger partial charge in [0.25, 0.3) is 0 Å². The molecule has 0 spiro atoms. The van der Waals surface area contributed by atoms with Crippen molar-refractivity contribution in [1.29, 1.82) is 0 Å². The zero-order valence-electron chi connectivity index (χ0n) is 9.68. The fraction of sp³-hybridized carbons (Fsp3) is 0.500. The van der Waals surface area contributed by atoms with Crippen LogP contribution in [0.4, 0.5) is 0 Å². The number of carboxylic acid groups (broad SMARTS) is 1. The number of rotatable bonds is 3. The Labute approximate surface area is 99.0 Å². The minimum Gasteiger partial charge on any atom is -0.478 e. The van der Waals surface area contributed by atoms with Crippen LogP contribution >= 0.6 is 0 Å². The average Bonchev–Trinajstić information content (AvgIpc) is 2.72. The summed E-state index contributed by atoms with van der Waals surface area (Å²) in [6.07, 6.45) is 1.92. The van der Waals surface area contributed by atoms with Crippen LogP contribution in [0.3, 0.4) is 0 Å². The van der Waals surface area contributed by atoms with Crippen molar-refractivity contribution in [2.45, 2.75) is 19.9 Å². The summed E-state index contributed by atoms with van der Waals surface area (Å²) in [6.45, 7) is 3.68. The van der Waals surface area contributed by atoms with E-state index in [1.807, 2.05) is 6.92 Å². The van der Waals surface area contributed by atoms with Crippen molar-refractivity contribution in [1.82, 2.24) is 4.90 Å². The van der Waals surface area contributed by atoms with Crippen LogP contribution < -0.4 is 0 Å². The van der Waals surface area contributed by atoms with E-state index in [4.69, 9.17) is 9.52 Å². The standard InChI is InChI=1S/C12H15NO4/c1-8-6-13(4-2-10(8)14)7-11-9(12(15)16)3-5-17-11/h3,5,8H,2,4,6-7H2,1H3,(H,15,16). The van der Waals surface area contributed by atoms with E-state index in [-0.39, 0.29) is 17.3 Å². The summed E-state index contributed by atoms with van der Waals surface area (Å²) in [4.78, 5) is 24.3. The van der Waals surface area contributed by atoms with Crippen LogP contribution in [0.5, 0.6) is 0 Å². The number of ketones is 1. The Balaban J connectivity index is 2.04. The minimum atomic E-state index is -0.977. The van der Waals surface area contributed by atoms with Gasteiger partial charge in [-0.1, -0.05) is 6.92 Å². The van der Waals surface area contributed by atoms with E-state index in [9.17, 15) is 9.59 Å². The van der Waals surface area contributed by atoms with Crippen LogP contribution in [0.2, 0.25) is 0 Å². The largest absolute Gasteiger partial charge is 0.478 e. The number of nitrogens with zero attached hydrogens (tertiary/aromatic N) is 1. The summed E-state index contributed by atoms with van der Waals surface area (Å²) >= 11 is 0. The summed E-state index contributed by atoms with van der Waals surface area (Å²) in [7, 11) is 0. The molecule has 1 aromatic rings. The predicted molar refractivity (Wildman–Crippen MR) is 59.7 cm³/mol. The first kappa shape index (κ1) is 11.9. The molecule has 1 N–H and O–H groups in total. The highest BCUT2D eigenvalue weighted by Gasteiger charge is 2.25. The molecule has 1 atom stereocenters. The summed E-state index contributed by atoms with van der Waals surface area (Å²) in [6, 6.07) is 1.45. The molecule has 5 nitrogen and oxygen atoms in total. The maximum absolute atomic E-state index is 11.4. The van der Waals surface area contributed by atoms with Gasteiger partial charge >= 0.3 is 5.97 Å². The highest BCUT2D eigenvalue weighted by Crippen LogP contribution is 2.18. The molecule has 1 aromatic heterocycles. The lowest BCUT2D eigenvalue weighted by Gasteiger charge is -2.29. The molecule has 1 unspecified atom stereocenters. The maximum Gasteiger partial charge on any atom is 0.339 e. The highest BCUT2D eigenvalue weighted by atomic mass is 16.4. The van der Waals surface area contributed by atoms with E-state index in [0.717, 1.165) is 0 Å². The number of hydrogen-bond acceptors (Lipinski definition) is 4. The molecule has 1 aliphatic rings. The van der Waals surface area contributed by atoms with Crippen LogP contribution in [0.25, 0.3) is 0 Å². The van der Waals surface area contributed by atoms with Gasteiger partial charge in [0, 0.05) is 25.4 Å². The van der Waals surface area contributed by atoms with Crippen LogP contribution in [0.15, 0.2) is 16.7 Å². The van der Waals surface area contributed by atoms with Crippen molar-refractivity contribution in [3.8, 4) is 0 Å². The van der Waals surface area contributed by atoms with Crippen molar-refractivity contribution in [3.05, 3.63) is 23.7 Å². The third-order valence-corrected chi connectivity index (χ3v) is 3.10. The van der Waals surface area contributed by atoms with Crippen LogP contribution in [-0.2, 0) is 11.3 Å². The van der Waals surface area contributed by atoms with E-state index in [1.54, 1.807) is 0 Å². The Bertz CT molecular complexity index is 437. The monoisotopic (exact) mass is 237 g/mol. The predicted octanol–water partition coefficient (Wildman–Crippen LogP) is 1.39. The Hall–Kier alpha value is -1.62. The summed E-state index contributed by atoms with van der Waals surface area (Å²) < 4.78 is 5.18. The Morgan fingerprint density at radius 2 is 2.41 bits per heavy atom. The van der Waals surface area contributed by atoms with Crippen LogP contribution in [0, 0.1) is 5.92 Å². The van der Waals surface area contributed by atoms with Gasteiger partial charge in [0.05, 0.1) is 12.8 Å². The van der Waals surface area contributed by atoms with Crippen molar-refractivity contribution in [3.63, 3.8) is 0 Å². The van der Waals surface area contributed by atoms with Gasteiger partial charge < -0.3 is 9.52 Å². The summed E-state index contributed by atoms with van der Waals surface area (Å²) in [5.74, 6) is -0.222. The molecule has 0 aromatic carbocycles. The first-order valence-electron chi connectivity index (χ1n) is 5.62. The molecule has 92 valence electrons. The van der Waals surface area contributed by atoms with Gasteiger partial charge in [0.2, 0.25) is 0 Å². The molecule has 0 bridgehead atoms. The number of Topliss-reactive ketones (excluding diaryl/α,β-unsaturated/α-hetero) is 1. The molecule has 17 heavy (non-hydrogen) atoms. The molecule has 0 aliphatic carbocycles. The molecule has 5 heteroatoms. The van der Waals surface area contributed by atoms with Crippen LogP contribution in [-0.4, -0.2) is 34.8 Å². The number of carbonyl (C=O) groups excluding carboxylic acids is 1. The van der Waals surface area contributed by atoms with Gasteiger partial charge in [0.1, 0.15) is 17.1 Å². The van der Waals surface area contributed by atoms with Gasteiger partial charge in [-0.25, -0.2) is 4.79 Å². The molecule has 0 radical (unpaired) electrons. The molecule has 0 saturated carbocycles. The van der Waals surface area contributed by atoms with Gasteiger partial charge in [0.15, 0.2) is 0 Å². The molecule has 1 saturated heterocycles. The zero-order valence-corrected chi connectivity index (χ0v) is 9.68. The van der Waals surface area contributed by atoms with E-state index in [0.29, 0.717) is 31.8 Å². The van der Waals surface area contributed by atoms with Crippen molar-refractivity contribution < 1.29 is 19.1 Å². The molecule has 1 aliphatic heterocycles. The molecular weight excluding hydrogens is 222 g/mol. The minimum absolute atomic E-state index is 0.0204. The Morgan fingerprint density at radius 3 is 3.06 bits per heavy atom. The number of carbonyl (C=O) groups is 2. The molecule has 1 fully saturated rings. The highest BCUT2D eigenvalue weighted by molar-refractivity contribution is 5.88. The normalized spacial score (nSPS) is 21.7. The zero-order chi connectivity index (χ0) is 12.4. The topological polar surface area (TPSA) is 70.8 Å². The second-order valence-corrected chi connectivity index (χ2v) is 4.42. The second kappa shape index (κ2) is 4.71. The van der Waals surface area contributed by atoms with Gasteiger partial charge in [-0.15, -0.1) is 0 Å². The van der Waals surface area contributed by atoms with Gasteiger partial charge in [-0.2, -0.15) is 0 Å². The number of furan rings is 1. The van der Waals surface area contributed by atoms with Crippen molar-refractivity contribution in [2.24, 2.45) is 5.92 Å². The quantitative estimate of drug-likeness (QED) is 0.860. The lowest BCUT2D eigenvalue weighted by Crippen LogP contribution is -2.39. The average molecular weight is 237 g/mol. The van der Waals surface area contributed by atoms with E-state index in [1.165, 1.54) is 12.3 Å². The van der Waals surface area contributed by atoms with Gasteiger partial charge in [-0.05, 0) is 6.07 Å². The SMILES string of the molecule is CC1CN(Cc2occc2C(=O)O)CCC1=O. The smallest absolute Gasteiger partial charge is 0.339 e. The number of aromatic carboxylic acids is 1. The maximum atomic E-state index is 11.4. The van der Waals surface area contributed by atoms with E-state index >= 15 is 0 Å². The van der Waals surface area contributed by atoms with E-state index in [2.05, 4.69) is 4.90 Å². The number of hydrogen-bond donors (Lipinski definition) is 1. The lowest BCUT2D eigenvalue weighted by molar-refractivity contribution is -0.125. The number of carboxylic acids is 1. The van der Waals surface area contributed by atoms with Crippen LogP contribution in [0.1, 0.15) is 29.5 Å². The third kappa shape index (κ3) is 2.55. The van der Waals surface area contributed by atoms with Gasteiger partial charge in [-0.3, -0.25) is 9.69 Å². The number of piperidine rings is 1. The fourth-order valence-corrected chi connectivity index (χ4v) is 2.10. The molecule has 2 heterocycles. The van der Waals surface area contributed by atoms with E-state index < -0.39 is 5.97 Å². The lowest BCUT2D eigenvalue weighted by atomic mass is 9.98. The second-order valence-electron chi connectivity index (χ2n) is 4.42.